The van der Waals surface area contributed by atoms with Crippen LogP contribution in [0, 0.1) is 0 Å². The number of hydrogen-bond acceptors (Lipinski definition) is 25. The smallest absolute Gasteiger partial charge is 0.322 e. The highest BCUT2D eigenvalue weighted by Crippen LogP contribution is 2.14. The van der Waals surface area contributed by atoms with Crippen LogP contribution in [0.5, 0.6) is 5.75 Å². The number of carbonyl (C=O) groups excluding carboxylic acids is 14. The highest BCUT2D eigenvalue weighted by Gasteiger charge is 2.35. The molecule has 105 heavy (non-hydrogen) atoms. The second-order valence-corrected chi connectivity index (χ2v) is 24.9. The molecule has 0 fully saturated rings. The van der Waals surface area contributed by atoms with Gasteiger partial charge in [-0.2, -0.15) is 12.6 Å². The van der Waals surface area contributed by atoms with Gasteiger partial charge < -0.3 is 130 Å². The molecule has 31 N–H and O–H groups in total. The zero-order valence-corrected chi connectivity index (χ0v) is 59.7. The fourth-order valence-corrected chi connectivity index (χ4v) is 10.3. The van der Waals surface area contributed by atoms with Crippen molar-refractivity contribution in [2.45, 2.75) is 182 Å². The lowest BCUT2D eigenvalue weighted by molar-refractivity contribution is -0.138. The van der Waals surface area contributed by atoms with E-state index in [1.54, 1.807) is 12.1 Å². The van der Waals surface area contributed by atoms with E-state index in [0.29, 0.717) is 69.0 Å². The largest absolute Gasteiger partial charge is 0.508 e. The van der Waals surface area contributed by atoms with Gasteiger partial charge in [0.15, 0.2) is 0 Å². The van der Waals surface area contributed by atoms with Crippen molar-refractivity contribution < 1.29 is 87.2 Å². The summed E-state index contributed by atoms with van der Waals surface area (Å²) in [6.45, 7) is -2.78. The summed E-state index contributed by atoms with van der Waals surface area (Å²) < 4.78 is 0. The van der Waals surface area contributed by atoms with E-state index >= 15 is 0 Å². The molecule has 588 valence electrons. The number of primary amides is 1. The molecule has 0 bridgehead atoms. The molecule has 10 atom stereocenters. The summed E-state index contributed by atoms with van der Waals surface area (Å²) >= 11 is 4.29. The van der Waals surface area contributed by atoms with Crippen molar-refractivity contribution in [2.24, 2.45) is 40.1 Å². The maximum atomic E-state index is 14.5. The third-order valence-corrected chi connectivity index (χ3v) is 16.3. The molecule has 41 heteroatoms. The second-order valence-electron chi connectivity index (χ2n) is 24.5. The van der Waals surface area contributed by atoms with E-state index in [2.05, 4.69) is 86.4 Å². The number of amides is 14. The number of aliphatic hydroxyl groups excluding tert-OH is 1. The number of phenols is 1. The van der Waals surface area contributed by atoms with Gasteiger partial charge in [-0.05, 0) is 160 Å². The number of nitrogens with one attached hydrogen (secondary N) is 14. The SMILES string of the molecule is NCCCC[C@@H](NC(=O)CNC(=O)CNC(=O)[C@@H](CCCCN)NC(=O)[C@@H](CCCCN)NC(=O)[C@@H](Cc1cnc[nH]1)NC(=O)[C@@H](CS)NC(=O)[C@@H](CCC(N)=O)NC(=O)[C@@H](CCCCN)NC(=O)[C@H](N)Cc1ccc(O)cc1)C(=O)N[C@H](CCCCN)C(=O)NCC(=O)N[C@H](CO)C(=O)NCC(=O)O. The number of aliphatic hydroxyl groups is 1. The topological polar surface area (TPSA) is 684 Å². The Balaban J connectivity index is 2.28. The van der Waals surface area contributed by atoms with Gasteiger partial charge in [0.05, 0.1) is 38.6 Å². The van der Waals surface area contributed by atoms with Crippen molar-refractivity contribution in [3.05, 3.63) is 48.0 Å². The van der Waals surface area contributed by atoms with Gasteiger partial charge >= 0.3 is 5.97 Å². The minimum Gasteiger partial charge on any atom is -0.508 e. The number of imidazole rings is 1. The lowest BCUT2D eigenvalue weighted by Crippen LogP contribution is -2.60. The van der Waals surface area contributed by atoms with Crippen LogP contribution in [0.4, 0.5) is 0 Å². The monoisotopic (exact) mass is 1500 g/mol. The van der Waals surface area contributed by atoms with E-state index in [0.717, 1.165) is 0 Å². The van der Waals surface area contributed by atoms with E-state index in [-0.39, 0.29) is 96.3 Å². The Morgan fingerprint density at radius 1 is 0.419 bits per heavy atom. The second kappa shape index (κ2) is 52.3. The number of thiol groups is 1. The number of carbonyl (C=O) groups is 15. The number of aromatic nitrogens is 2. The summed E-state index contributed by atoms with van der Waals surface area (Å²) in [6.07, 6.45) is 5.34. The minimum absolute atomic E-state index is 0.00109. The first-order valence-electron chi connectivity index (χ1n) is 34.7. The van der Waals surface area contributed by atoms with Gasteiger partial charge in [-0.1, -0.05) is 12.1 Å². The Morgan fingerprint density at radius 2 is 0.771 bits per heavy atom. The van der Waals surface area contributed by atoms with Gasteiger partial charge in [0.25, 0.3) is 0 Å². The average molecular weight is 1510 g/mol. The van der Waals surface area contributed by atoms with Gasteiger partial charge in [-0.15, -0.1) is 0 Å². The van der Waals surface area contributed by atoms with Gasteiger partial charge in [0.2, 0.25) is 82.7 Å². The van der Waals surface area contributed by atoms with E-state index in [4.69, 9.17) is 45.2 Å². The van der Waals surface area contributed by atoms with E-state index in [9.17, 15) is 82.1 Å². The Bertz CT molecular complexity index is 3100. The first kappa shape index (κ1) is 91.4. The quantitative estimate of drug-likeness (QED) is 0.0216. The van der Waals surface area contributed by atoms with Crippen LogP contribution in [0.25, 0.3) is 0 Å². The Labute approximate surface area is 612 Å². The molecule has 2 aromatic rings. The van der Waals surface area contributed by atoms with E-state index in [1.807, 2.05) is 5.32 Å². The molecule has 0 radical (unpaired) electrons. The number of nitrogens with zero attached hydrogens (tertiary/aromatic N) is 1. The first-order valence-corrected chi connectivity index (χ1v) is 35.3. The van der Waals surface area contributed by atoms with Gasteiger partial charge in [-0.3, -0.25) is 71.9 Å². The Hall–Kier alpha value is -9.65. The first-order chi connectivity index (χ1) is 50.1. The number of aliphatic carboxylic acids is 1. The third kappa shape index (κ3) is 38.1. The molecule has 14 amide bonds. The zero-order valence-electron chi connectivity index (χ0n) is 58.9. The number of rotatable bonds is 56. The molecular formula is C64H108N22O18S. The molecule has 0 aliphatic rings. The van der Waals surface area contributed by atoms with Crippen LogP contribution in [0.15, 0.2) is 36.8 Å². The molecule has 0 unspecified atom stereocenters. The number of phenolic OH excluding ortho intramolecular Hbond substituents is 1. The van der Waals surface area contributed by atoms with Crippen molar-refractivity contribution in [1.29, 1.82) is 0 Å². The number of aromatic hydroxyl groups is 1. The molecule has 0 saturated carbocycles. The number of H-pyrrole nitrogens is 1. The molecule has 40 nitrogen and oxygen atoms in total. The Kier molecular flexibility index (Phi) is 45.6. The van der Waals surface area contributed by atoms with Crippen LogP contribution in [-0.4, -0.2) is 246 Å². The lowest BCUT2D eigenvalue weighted by atomic mass is 10.0. The third-order valence-electron chi connectivity index (χ3n) is 15.9. The van der Waals surface area contributed by atoms with Gasteiger partial charge in [-0.25, -0.2) is 4.98 Å². The predicted octanol–water partition coefficient (Wildman–Crippen LogP) is -9.03. The summed E-state index contributed by atoms with van der Waals surface area (Å²) in [6, 6.07) is -7.88. The summed E-state index contributed by atoms with van der Waals surface area (Å²) in [5, 5.41) is 59.9. The predicted molar refractivity (Wildman–Crippen MR) is 383 cm³/mol. The number of carboxylic acid groups (broad SMARTS) is 1. The van der Waals surface area contributed by atoms with Gasteiger partial charge in [0, 0.05) is 30.5 Å². The summed E-state index contributed by atoms with van der Waals surface area (Å²) in [4.78, 5) is 207. The number of hydrogen-bond donors (Lipinski definition) is 25. The number of aromatic amines is 1. The Morgan fingerprint density at radius 3 is 1.18 bits per heavy atom. The van der Waals surface area contributed by atoms with Crippen LogP contribution in [0.2, 0.25) is 0 Å². The normalized spacial score (nSPS) is 13.8. The standard InChI is InChI=1S/C64H108N22O18S/c65-22-6-1-11-41(56(96)74-30-51(90)73-31-52(91)78-43(13-3-8-24-67)59(99)81-42(12-2-7-23-66)57(97)75-32-53(92)79-48(34-87)58(98)76-33-54(93)94)82-61(101)45(15-5-10-26-69)83-63(103)47(28-38-29-72-36-77-38)85-64(104)49(35-105)86-62(102)46(20-21-50(71)89)84-60(100)44(14-4-9-25-68)80-55(95)40(70)27-37-16-18-39(88)19-17-37/h16-19,29,36,40-49,87-88,105H,1-15,20-28,30-35,65-70H2,(H2,71,89)(H,72,77)(H,73,90)(H,74,96)(H,75,97)(H,76,98)(H,78,91)(H,79,92)(H,80,95)(H,81,99)(H,82,101)(H,83,103)(H,84,100)(H,85,104)(H,86,102)(H,93,94)/t40-,41-,42-,43-,44-,45-,46-,47-,48-,49-/m1/s1. The lowest BCUT2D eigenvalue weighted by Gasteiger charge is -2.27. The molecule has 0 aliphatic heterocycles. The highest BCUT2D eigenvalue weighted by molar-refractivity contribution is 7.80. The van der Waals surface area contributed by atoms with Crippen LogP contribution in [0.1, 0.15) is 120 Å². The van der Waals surface area contributed by atoms with Crippen molar-refractivity contribution >= 4 is 101 Å². The van der Waals surface area contributed by atoms with Crippen molar-refractivity contribution in [3.63, 3.8) is 0 Å². The molecule has 1 aromatic carbocycles. The molecule has 1 heterocycles. The maximum Gasteiger partial charge on any atom is 0.322 e. The van der Waals surface area contributed by atoms with Crippen molar-refractivity contribution in [3.8, 4) is 5.75 Å². The van der Waals surface area contributed by atoms with E-state index in [1.165, 1.54) is 24.7 Å². The van der Waals surface area contributed by atoms with Gasteiger partial charge in [0.1, 0.15) is 66.7 Å². The molecule has 1 aromatic heterocycles. The fourth-order valence-electron chi connectivity index (χ4n) is 10.1. The highest BCUT2D eigenvalue weighted by atomic mass is 32.1. The molecular weight excluding hydrogens is 1400 g/mol. The van der Waals surface area contributed by atoms with Crippen LogP contribution >= 0.6 is 12.6 Å². The van der Waals surface area contributed by atoms with Crippen molar-refractivity contribution in [1.82, 2.24) is 79.1 Å². The average Bonchev–Trinajstić information content (AvgIpc) is 1.70. The number of nitrogens with two attached hydrogens (primary N) is 7. The number of unbranched alkanes of at least 4 members (excludes halogenated alkanes) is 5. The van der Waals surface area contributed by atoms with Crippen LogP contribution in [0.3, 0.4) is 0 Å². The number of benzene rings is 1. The minimum atomic E-state index is -1.56. The maximum absolute atomic E-state index is 14.5. The summed E-state index contributed by atoms with van der Waals surface area (Å²) in [7, 11) is 0. The van der Waals surface area contributed by atoms with Crippen LogP contribution in [-0.2, 0) is 84.8 Å². The molecule has 0 spiro atoms. The van der Waals surface area contributed by atoms with Crippen molar-refractivity contribution in [2.75, 3.05) is 71.3 Å². The van der Waals surface area contributed by atoms with Crippen LogP contribution < -0.4 is 109 Å². The number of carboxylic acids is 1. The summed E-state index contributed by atoms with van der Waals surface area (Å²) in [5.41, 5.74) is 41.2. The molecule has 0 saturated heterocycles. The molecule has 2 rings (SSSR count). The fraction of sp³-hybridized carbons (Fsp3) is 0.625. The zero-order chi connectivity index (χ0) is 78.2. The molecule has 0 aliphatic carbocycles. The summed E-state index contributed by atoms with van der Waals surface area (Å²) in [5.74, 6) is -14.2. The van der Waals surface area contributed by atoms with E-state index < -0.39 is 194 Å².